The van der Waals surface area contributed by atoms with Crippen LogP contribution >= 0.6 is 0 Å². The molecule has 1 heterocycles. The lowest BCUT2D eigenvalue weighted by molar-refractivity contribution is -0.199. The van der Waals surface area contributed by atoms with Gasteiger partial charge in [-0.3, -0.25) is 9.59 Å². The number of rotatable bonds is 22. The van der Waals surface area contributed by atoms with E-state index < -0.39 is 43.3 Å². The van der Waals surface area contributed by atoms with E-state index in [0.717, 1.165) is 51.4 Å². The van der Waals surface area contributed by atoms with Gasteiger partial charge in [0.1, 0.15) is 6.61 Å². The molecule has 1 fully saturated rings. The van der Waals surface area contributed by atoms with Crippen LogP contribution < -0.4 is 0 Å². The Morgan fingerprint density at radius 1 is 0.950 bits per heavy atom. The normalized spacial score (nSPS) is 22.9. The minimum atomic E-state index is -1.05. The number of hydrogen-bond donors (Lipinski definition) is 4. The van der Waals surface area contributed by atoms with Gasteiger partial charge >= 0.3 is 11.9 Å². The molecule has 1 rings (SSSR count). The molecule has 9 nitrogen and oxygen atoms in total. The van der Waals surface area contributed by atoms with Crippen LogP contribution in [0.15, 0.2) is 24.3 Å². The summed E-state index contributed by atoms with van der Waals surface area (Å²) in [7, 11) is 0. The average molecular weight is 571 g/mol. The predicted octanol–water partition coefficient (Wildman–Crippen LogP) is 4.49. The lowest BCUT2D eigenvalue weighted by Gasteiger charge is -2.36. The van der Waals surface area contributed by atoms with Crippen LogP contribution in [0.1, 0.15) is 110 Å². The van der Waals surface area contributed by atoms with E-state index in [9.17, 15) is 30.0 Å². The van der Waals surface area contributed by atoms with Crippen LogP contribution in [0.2, 0.25) is 0 Å². The number of esters is 2. The SMILES string of the molecule is CCCCCCCC(=O)OC[C@H](CO)OC(=O)CCC/C=C\C[C@H]1[C@@H](O)CC(O)O[C@@H]1/C=C/[C@@H](O)CCCCC. The monoisotopic (exact) mass is 570 g/mol. The molecule has 4 N–H and O–H groups in total. The molecule has 0 aromatic rings. The standard InChI is InChI=1S/C31H54O9/c1-3-5-7-8-13-17-29(35)38-23-25(22-32)39-30(36)18-14-10-9-12-16-26-27(34)21-31(37)40-28(26)20-19-24(33)15-11-6-4-2/h9,12,19-20,24-28,31-34,37H,3-8,10-11,13-18,21-23H2,1-2H3/b12-9-,20-19+/t24-,25-,26-,27-,28+,31?/m0/s1. The van der Waals surface area contributed by atoms with E-state index in [0.29, 0.717) is 32.1 Å². The molecule has 0 saturated carbocycles. The van der Waals surface area contributed by atoms with Gasteiger partial charge in [0.25, 0.3) is 0 Å². The Balaban J connectivity index is 2.34. The fraction of sp³-hybridized carbons (Fsp3) is 0.806. The van der Waals surface area contributed by atoms with Crippen LogP contribution in [0.5, 0.6) is 0 Å². The Morgan fingerprint density at radius 2 is 1.65 bits per heavy atom. The Hall–Kier alpha value is -1.78. The molecule has 0 aromatic carbocycles. The number of carbonyl (C=O) groups is 2. The first-order valence-corrected chi connectivity index (χ1v) is 15.3. The molecule has 1 saturated heterocycles. The van der Waals surface area contributed by atoms with Crippen molar-refractivity contribution in [3.8, 4) is 0 Å². The van der Waals surface area contributed by atoms with Crippen molar-refractivity contribution >= 4 is 11.9 Å². The van der Waals surface area contributed by atoms with Crippen molar-refractivity contribution in [1.82, 2.24) is 0 Å². The number of unbranched alkanes of at least 4 members (excludes halogenated alkanes) is 7. The maximum atomic E-state index is 12.1. The minimum Gasteiger partial charge on any atom is -0.462 e. The molecule has 9 heteroatoms. The van der Waals surface area contributed by atoms with Crippen molar-refractivity contribution in [2.75, 3.05) is 13.2 Å². The van der Waals surface area contributed by atoms with Gasteiger partial charge in [0.15, 0.2) is 12.4 Å². The van der Waals surface area contributed by atoms with Gasteiger partial charge in [0.05, 0.1) is 24.9 Å². The van der Waals surface area contributed by atoms with Crippen molar-refractivity contribution in [3.05, 3.63) is 24.3 Å². The van der Waals surface area contributed by atoms with Crippen LogP contribution in [0.25, 0.3) is 0 Å². The molecule has 0 amide bonds. The van der Waals surface area contributed by atoms with Crippen molar-refractivity contribution in [3.63, 3.8) is 0 Å². The van der Waals surface area contributed by atoms with E-state index in [-0.39, 0.29) is 31.3 Å². The van der Waals surface area contributed by atoms with Gasteiger partial charge in [0.2, 0.25) is 0 Å². The highest BCUT2D eigenvalue weighted by molar-refractivity contribution is 5.70. The molecule has 1 aliphatic rings. The number of hydrogen-bond acceptors (Lipinski definition) is 9. The first-order chi connectivity index (χ1) is 19.3. The summed E-state index contributed by atoms with van der Waals surface area (Å²) in [6.45, 7) is 3.67. The molecule has 232 valence electrons. The fourth-order valence-corrected chi connectivity index (χ4v) is 4.59. The first kappa shape index (κ1) is 36.2. The molecule has 0 spiro atoms. The van der Waals surface area contributed by atoms with Gasteiger partial charge in [-0.1, -0.05) is 83.1 Å². The second-order valence-electron chi connectivity index (χ2n) is 10.7. The van der Waals surface area contributed by atoms with Crippen LogP contribution in [-0.4, -0.2) is 76.3 Å². The van der Waals surface area contributed by atoms with Gasteiger partial charge in [-0.2, -0.15) is 0 Å². The average Bonchev–Trinajstić information content (AvgIpc) is 2.92. The molecule has 0 radical (unpaired) electrons. The van der Waals surface area contributed by atoms with Gasteiger partial charge in [-0.05, 0) is 32.1 Å². The summed E-state index contributed by atoms with van der Waals surface area (Å²) in [5, 5.41) is 40.0. The van der Waals surface area contributed by atoms with Gasteiger partial charge in [0, 0.05) is 25.2 Å². The van der Waals surface area contributed by atoms with Crippen LogP contribution in [0.3, 0.4) is 0 Å². The van der Waals surface area contributed by atoms with E-state index in [2.05, 4.69) is 13.8 Å². The van der Waals surface area contributed by atoms with Crippen molar-refractivity contribution in [2.45, 2.75) is 141 Å². The molecule has 1 aliphatic heterocycles. The van der Waals surface area contributed by atoms with Gasteiger partial charge < -0.3 is 34.6 Å². The highest BCUT2D eigenvalue weighted by atomic mass is 16.6. The van der Waals surface area contributed by atoms with Gasteiger partial charge in [-0.25, -0.2) is 0 Å². The van der Waals surface area contributed by atoms with E-state index in [1.807, 2.05) is 12.2 Å². The number of ether oxygens (including phenoxy) is 3. The lowest BCUT2D eigenvalue weighted by Crippen LogP contribution is -2.43. The predicted molar refractivity (Wildman–Crippen MR) is 153 cm³/mol. The topological polar surface area (TPSA) is 143 Å². The van der Waals surface area contributed by atoms with E-state index in [4.69, 9.17) is 14.2 Å². The third-order valence-corrected chi connectivity index (χ3v) is 7.04. The number of allylic oxidation sites excluding steroid dienone is 2. The summed E-state index contributed by atoms with van der Waals surface area (Å²) in [4.78, 5) is 24.0. The molecule has 0 aliphatic carbocycles. The zero-order valence-electron chi connectivity index (χ0n) is 24.6. The molecule has 0 aromatic heterocycles. The lowest BCUT2D eigenvalue weighted by atomic mass is 9.87. The van der Waals surface area contributed by atoms with Gasteiger partial charge in [-0.15, -0.1) is 0 Å². The Bertz CT molecular complexity index is 724. The number of aliphatic hydroxyl groups is 4. The zero-order chi connectivity index (χ0) is 29.6. The fourth-order valence-electron chi connectivity index (χ4n) is 4.59. The molecule has 1 unspecified atom stereocenters. The zero-order valence-corrected chi connectivity index (χ0v) is 24.6. The molecule has 0 bridgehead atoms. The molecule has 40 heavy (non-hydrogen) atoms. The highest BCUT2D eigenvalue weighted by Crippen LogP contribution is 2.29. The largest absolute Gasteiger partial charge is 0.462 e. The number of aliphatic hydroxyl groups excluding tert-OH is 4. The summed E-state index contributed by atoms with van der Waals surface area (Å²) < 4.78 is 16.0. The Kier molecular flexibility index (Phi) is 20.7. The third kappa shape index (κ3) is 17.1. The summed E-state index contributed by atoms with van der Waals surface area (Å²) in [5.41, 5.74) is 0. The minimum absolute atomic E-state index is 0.133. The van der Waals surface area contributed by atoms with Crippen molar-refractivity contribution in [1.29, 1.82) is 0 Å². The second-order valence-corrected chi connectivity index (χ2v) is 10.7. The van der Waals surface area contributed by atoms with Crippen LogP contribution in [-0.2, 0) is 23.8 Å². The summed E-state index contributed by atoms with van der Waals surface area (Å²) in [6, 6.07) is 0. The first-order valence-electron chi connectivity index (χ1n) is 15.3. The summed E-state index contributed by atoms with van der Waals surface area (Å²) in [5.74, 6) is -1.07. The number of carbonyl (C=O) groups excluding carboxylic acids is 2. The van der Waals surface area contributed by atoms with Crippen LogP contribution in [0.4, 0.5) is 0 Å². The second kappa shape index (κ2) is 22.9. The Morgan fingerprint density at radius 3 is 2.38 bits per heavy atom. The summed E-state index contributed by atoms with van der Waals surface area (Å²) >= 11 is 0. The molecule has 6 atom stereocenters. The van der Waals surface area contributed by atoms with Crippen LogP contribution in [0, 0.1) is 5.92 Å². The molecular weight excluding hydrogens is 516 g/mol. The highest BCUT2D eigenvalue weighted by Gasteiger charge is 2.35. The van der Waals surface area contributed by atoms with E-state index >= 15 is 0 Å². The van der Waals surface area contributed by atoms with E-state index in [1.165, 1.54) is 0 Å². The maximum Gasteiger partial charge on any atom is 0.306 e. The smallest absolute Gasteiger partial charge is 0.306 e. The Labute approximate surface area is 240 Å². The van der Waals surface area contributed by atoms with Crippen molar-refractivity contribution < 1.29 is 44.2 Å². The quantitative estimate of drug-likeness (QED) is 0.0841. The maximum absolute atomic E-state index is 12.1. The summed E-state index contributed by atoms with van der Waals surface area (Å²) in [6.07, 6.45) is 14.7. The van der Waals surface area contributed by atoms with E-state index in [1.54, 1.807) is 12.2 Å². The van der Waals surface area contributed by atoms with Crippen molar-refractivity contribution in [2.24, 2.45) is 5.92 Å². The molecular formula is C31H54O9. The third-order valence-electron chi connectivity index (χ3n) is 7.04.